The number of pyridine rings is 1. The van der Waals surface area contributed by atoms with Gasteiger partial charge in [-0.2, -0.15) is 9.97 Å². The van der Waals surface area contributed by atoms with Crippen LogP contribution < -0.4 is 9.64 Å². The second kappa shape index (κ2) is 13.9. The largest absolute Gasteiger partial charge is 0.462 e. The van der Waals surface area contributed by atoms with Gasteiger partial charge in [0.15, 0.2) is 5.82 Å². The molecule has 2 fully saturated rings. The molecule has 2 atom stereocenters. The zero-order valence-electron chi connectivity index (χ0n) is 28.9. The van der Waals surface area contributed by atoms with Crippen LogP contribution in [0.2, 0.25) is 5.02 Å². The van der Waals surface area contributed by atoms with Crippen molar-refractivity contribution in [3.63, 3.8) is 0 Å². The van der Waals surface area contributed by atoms with E-state index in [0.717, 1.165) is 0 Å². The van der Waals surface area contributed by atoms with Crippen molar-refractivity contribution in [3.8, 4) is 17.3 Å². The molecular weight excluding hydrogens is 690 g/mol. The molecule has 4 heterocycles. The Morgan fingerprint density at radius 2 is 1.90 bits per heavy atom. The Morgan fingerprint density at radius 3 is 2.61 bits per heavy atom. The van der Waals surface area contributed by atoms with E-state index in [0.29, 0.717) is 5.39 Å². The summed E-state index contributed by atoms with van der Waals surface area (Å²) in [4.78, 5) is 35.1. The molecule has 0 aliphatic carbocycles. The zero-order chi connectivity index (χ0) is 36.8. The van der Waals surface area contributed by atoms with E-state index in [1.807, 2.05) is 13.8 Å². The monoisotopic (exact) mass is 727 g/mol. The molecule has 0 N–H and O–H groups in total. The number of alkyl halides is 2. The zero-order valence-corrected chi connectivity index (χ0v) is 29.6. The number of aromatic nitrogens is 3. The van der Waals surface area contributed by atoms with E-state index in [4.69, 9.17) is 27.6 Å². The molecule has 1 amide bonds. The highest BCUT2D eigenvalue weighted by Crippen LogP contribution is 2.39. The molecule has 2 saturated heterocycles. The van der Waals surface area contributed by atoms with Gasteiger partial charge in [0.1, 0.15) is 41.1 Å². The van der Waals surface area contributed by atoms with E-state index in [-0.39, 0.29) is 83.2 Å². The van der Waals surface area contributed by atoms with Crippen LogP contribution in [0.15, 0.2) is 36.5 Å². The maximum Gasteiger partial charge on any atom is 0.410 e. The molecule has 2 aliphatic heterocycles. The maximum absolute atomic E-state index is 16.8. The molecule has 2 aromatic carbocycles. The van der Waals surface area contributed by atoms with Gasteiger partial charge in [-0.15, -0.1) is 0 Å². The predicted octanol–water partition coefficient (Wildman–Crippen LogP) is 7.62. The number of amides is 1. The third-order valence-electron chi connectivity index (χ3n) is 9.03. The number of piperazine rings is 1. The fourth-order valence-electron chi connectivity index (χ4n) is 6.74. The Morgan fingerprint density at radius 1 is 1.14 bits per heavy atom. The standard InChI is InChI=1S/C36H38ClF4N7O3/c1-20(2)48-19-36(40,41)14-22(48)18-50-33-44-31-25(16-43-30(29(31)39)24-9-7-8-21-10-11-26(38)28(37)27(21)24)32(45-33)46-12-13-47(23(17-46)15-42-6)34(49)51-35(3,4)5/h7-11,16,20,22-23H,12-15,17-19H2,1-5H3/t22-,23-/m0/s1. The molecule has 0 bridgehead atoms. The highest BCUT2D eigenvalue weighted by atomic mass is 35.5. The number of carbonyl (C=O) groups excluding carboxylic acids is 1. The van der Waals surface area contributed by atoms with Crippen LogP contribution in [-0.4, -0.2) is 99.8 Å². The molecule has 10 nitrogen and oxygen atoms in total. The van der Waals surface area contributed by atoms with Crippen molar-refractivity contribution in [1.82, 2.24) is 24.8 Å². The number of halogens is 5. The van der Waals surface area contributed by atoms with Crippen LogP contribution in [-0.2, 0) is 4.74 Å². The Bertz CT molecular complexity index is 2020. The van der Waals surface area contributed by atoms with Gasteiger partial charge in [-0.3, -0.25) is 14.8 Å². The number of hydrogen-bond donors (Lipinski definition) is 0. The molecule has 270 valence electrons. The lowest BCUT2D eigenvalue weighted by atomic mass is 10.0. The van der Waals surface area contributed by atoms with Crippen LogP contribution in [0.3, 0.4) is 0 Å². The molecule has 4 aromatic rings. The van der Waals surface area contributed by atoms with Gasteiger partial charge in [0, 0.05) is 49.2 Å². The van der Waals surface area contributed by atoms with Gasteiger partial charge in [0.25, 0.3) is 5.92 Å². The van der Waals surface area contributed by atoms with Gasteiger partial charge in [0.2, 0.25) is 6.54 Å². The summed E-state index contributed by atoms with van der Waals surface area (Å²) >= 11 is 6.38. The summed E-state index contributed by atoms with van der Waals surface area (Å²) in [6, 6.07) is 6.08. The van der Waals surface area contributed by atoms with Crippen molar-refractivity contribution in [2.75, 3.05) is 44.2 Å². The van der Waals surface area contributed by atoms with Crippen molar-refractivity contribution >= 4 is 45.2 Å². The fourth-order valence-corrected chi connectivity index (χ4v) is 7.02. The van der Waals surface area contributed by atoms with Crippen LogP contribution in [0.4, 0.5) is 28.2 Å². The topological polar surface area (TPSA) is 88.3 Å². The van der Waals surface area contributed by atoms with Gasteiger partial charge in [-0.1, -0.05) is 35.9 Å². The maximum atomic E-state index is 16.8. The average Bonchev–Trinajstić information content (AvgIpc) is 3.39. The Balaban J connectivity index is 1.44. The lowest BCUT2D eigenvalue weighted by Crippen LogP contribution is -2.57. The van der Waals surface area contributed by atoms with E-state index in [1.54, 1.807) is 48.8 Å². The molecule has 0 unspecified atom stereocenters. The molecule has 0 saturated carbocycles. The molecule has 2 aromatic heterocycles. The fraction of sp³-hybridized carbons (Fsp3) is 0.472. The smallest absolute Gasteiger partial charge is 0.410 e. The van der Waals surface area contributed by atoms with Gasteiger partial charge >= 0.3 is 12.1 Å². The lowest BCUT2D eigenvalue weighted by Gasteiger charge is -2.40. The first-order valence-electron chi connectivity index (χ1n) is 16.6. The number of anilines is 1. The van der Waals surface area contributed by atoms with Crippen LogP contribution in [0.5, 0.6) is 6.01 Å². The summed E-state index contributed by atoms with van der Waals surface area (Å²) < 4.78 is 71.9. The first-order chi connectivity index (χ1) is 24.1. The minimum absolute atomic E-state index is 0.0296. The molecule has 51 heavy (non-hydrogen) atoms. The SMILES string of the molecule is [C-]#[N+]C[C@H]1CN(c2nc(OC[C@@H]3CC(F)(F)CN3C(C)C)nc3c(F)c(-c4cccc5ccc(F)c(Cl)c45)ncc23)CCN1C(=O)OC(C)(C)C. The third-order valence-corrected chi connectivity index (χ3v) is 9.40. The summed E-state index contributed by atoms with van der Waals surface area (Å²) in [5.41, 5.74) is -0.819. The van der Waals surface area contributed by atoms with Crippen molar-refractivity contribution in [2.24, 2.45) is 0 Å². The molecule has 2 aliphatic rings. The highest BCUT2D eigenvalue weighted by molar-refractivity contribution is 6.36. The summed E-state index contributed by atoms with van der Waals surface area (Å²) in [5.74, 6) is -4.20. The number of rotatable bonds is 7. The number of fused-ring (bicyclic) bond motifs is 2. The van der Waals surface area contributed by atoms with Crippen molar-refractivity contribution in [1.29, 1.82) is 0 Å². The summed E-state index contributed by atoms with van der Waals surface area (Å²) in [5, 5.41) is 0.870. The van der Waals surface area contributed by atoms with Crippen LogP contribution >= 0.6 is 11.6 Å². The number of nitrogens with zero attached hydrogens (tertiary/aromatic N) is 7. The van der Waals surface area contributed by atoms with Gasteiger partial charge < -0.3 is 19.2 Å². The van der Waals surface area contributed by atoms with E-state index < -0.39 is 54.3 Å². The predicted molar refractivity (Wildman–Crippen MR) is 186 cm³/mol. The first kappa shape index (κ1) is 36.3. The molecule has 0 radical (unpaired) electrons. The van der Waals surface area contributed by atoms with Gasteiger partial charge in [0.05, 0.1) is 23.0 Å². The van der Waals surface area contributed by atoms with Crippen LogP contribution in [0.25, 0.3) is 37.8 Å². The highest BCUT2D eigenvalue weighted by Gasteiger charge is 2.46. The number of ether oxygens (including phenoxy) is 2. The van der Waals surface area contributed by atoms with E-state index in [2.05, 4.69) is 19.8 Å². The summed E-state index contributed by atoms with van der Waals surface area (Å²) in [6.45, 7) is 16.4. The third kappa shape index (κ3) is 7.46. The van der Waals surface area contributed by atoms with E-state index in [9.17, 15) is 18.0 Å². The van der Waals surface area contributed by atoms with Gasteiger partial charge in [-0.05, 0) is 46.1 Å². The van der Waals surface area contributed by atoms with Gasteiger partial charge in [-0.25, -0.2) is 28.9 Å². The molecule has 15 heteroatoms. The average molecular weight is 728 g/mol. The number of benzene rings is 2. The lowest BCUT2D eigenvalue weighted by molar-refractivity contribution is 0.00905. The normalized spacial score (nSPS) is 19.6. The Labute approximate surface area is 298 Å². The summed E-state index contributed by atoms with van der Waals surface area (Å²) in [6.07, 6.45) is 0.427. The number of carbonyl (C=O) groups is 1. The van der Waals surface area contributed by atoms with E-state index >= 15 is 4.39 Å². The minimum Gasteiger partial charge on any atom is -0.462 e. The molecular formula is C36H38ClF4N7O3. The quantitative estimate of drug-likeness (QED) is 0.142. The molecule has 0 spiro atoms. The Hall–Kier alpha value is -4.48. The van der Waals surface area contributed by atoms with E-state index in [1.165, 1.54) is 23.2 Å². The van der Waals surface area contributed by atoms with Crippen molar-refractivity contribution < 1.29 is 31.8 Å². The minimum atomic E-state index is -2.90. The number of hydrogen-bond acceptors (Lipinski definition) is 8. The molecule has 6 rings (SSSR count). The van der Waals surface area contributed by atoms with Crippen LogP contribution in [0, 0.1) is 18.2 Å². The second-order valence-corrected chi connectivity index (χ2v) is 14.6. The first-order valence-corrected chi connectivity index (χ1v) is 17.0. The number of likely N-dealkylation sites (tertiary alicyclic amines) is 1. The Kier molecular flexibility index (Phi) is 9.91. The second-order valence-electron chi connectivity index (χ2n) is 14.2. The summed E-state index contributed by atoms with van der Waals surface area (Å²) in [7, 11) is 0. The van der Waals surface area contributed by atoms with Crippen LogP contribution in [0.1, 0.15) is 41.0 Å². The van der Waals surface area contributed by atoms with Crippen molar-refractivity contribution in [3.05, 3.63) is 64.6 Å². The van der Waals surface area contributed by atoms with Crippen molar-refractivity contribution in [2.45, 2.75) is 70.7 Å².